The van der Waals surface area contributed by atoms with E-state index in [1.165, 1.54) is 23.5 Å². The number of rotatable bonds is 8. The van der Waals surface area contributed by atoms with Crippen LogP contribution in [-0.2, 0) is 17.8 Å². The van der Waals surface area contributed by atoms with E-state index >= 15 is 0 Å². The summed E-state index contributed by atoms with van der Waals surface area (Å²) in [5.41, 5.74) is 3.45. The lowest BCUT2D eigenvalue weighted by Crippen LogP contribution is -2.37. The Morgan fingerprint density at radius 1 is 0.969 bits per heavy atom. The van der Waals surface area contributed by atoms with Gasteiger partial charge in [0.25, 0.3) is 11.8 Å². The predicted octanol–water partition coefficient (Wildman–Crippen LogP) is 3.62. The minimum Gasteiger partial charge on any atom is -0.465 e. The smallest absolute Gasteiger partial charge is 0.267 e. The molecule has 0 aliphatic carbocycles. The van der Waals surface area contributed by atoms with Crippen LogP contribution >= 0.6 is 0 Å². The van der Waals surface area contributed by atoms with Crippen molar-refractivity contribution >= 4 is 17.9 Å². The molecule has 1 aromatic heterocycles. The summed E-state index contributed by atoms with van der Waals surface area (Å²) in [5, 5.41) is 5.63. The standard InChI is InChI=1S/C26H27N3O3/c30-25(21-9-2-1-3-10-21)28-24(18-23-12-6-17-32-23)26(31)27-14-7-15-29-16-13-20-8-4-5-11-22(20)19-29/h1-6,8-12,17-18H,7,13-16,19H2,(H,27,31)(H,28,30)/b24-18-. The summed E-state index contributed by atoms with van der Waals surface area (Å²) in [7, 11) is 0. The van der Waals surface area contributed by atoms with E-state index in [0.29, 0.717) is 17.9 Å². The zero-order valence-corrected chi connectivity index (χ0v) is 17.9. The SMILES string of the molecule is O=C(NCCCN1CCc2ccccc2C1)/C(=C/c1ccco1)NC(=O)c1ccccc1. The average Bonchev–Trinajstić information content (AvgIpc) is 3.35. The van der Waals surface area contributed by atoms with Crippen LogP contribution in [0.15, 0.2) is 83.1 Å². The Morgan fingerprint density at radius 3 is 2.53 bits per heavy atom. The summed E-state index contributed by atoms with van der Waals surface area (Å²) >= 11 is 0. The lowest BCUT2D eigenvalue weighted by molar-refractivity contribution is -0.117. The number of hydrogen-bond acceptors (Lipinski definition) is 4. The molecule has 0 fully saturated rings. The number of hydrogen-bond donors (Lipinski definition) is 2. The van der Waals surface area contributed by atoms with Gasteiger partial charge in [-0.3, -0.25) is 14.5 Å². The summed E-state index contributed by atoms with van der Waals surface area (Å²) in [5.74, 6) is -0.185. The van der Waals surface area contributed by atoms with Crippen molar-refractivity contribution in [3.05, 3.63) is 101 Å². The molecule has 2 amide bonds. The topological polar surface area (TPSA) is 74.6 Å². The molecule has 2 aromatic carbocycles. The van der Waals surface area contributed by atoms with E-state index < -0.39 is 0 Å². The van der Waals surface area contributed by atoms with Gasteiger partial charge in [-0.1, -0.05) is 42.5 Å². The van der Waals surface area contributed by atoms with E-state index in [1.54, 1.807) is 36.4 Å². The Kier molecular flexibility index (Phi) is 7.15. The zero-order chi connectivity index (χ0) is 22.2. The molecule has 0 bridgehead atoms. The van der Waals surface area contributed by atoms with Gasteiger partial charge in [0.2, 0.25) is 0 Å². The van der Waals surface area contributed by atoms with E-state index in [9.17, 15) is 9.59 Å². The quantitative estimate of drug-likeness (QED) is 0.424. The van der Waals surface area contributed by atoms with Crippen LogP contribution in [0.3, 0.4) is 0 Å². The number of carbonyl (C=O) groups excluding carboxylic acids is 2. The van der Waals surface area contributed by atoms with Crippen LogP contribution in [0.25, 0.3) is 6.08 Å². The van der Waals surface area contributed by atoms with Crippen molar-refractivity contribution in [3.8, 4) is 0 Å². The number of nitrogens with zero attached hydrogens (tertiary/aromatic N) is 1. The fourth-order valence-corrected chi connectivity index (χ4v) is 3.80. The van der Waals surface area contributed by atoms with Crippen LogP contribution in [0.1, 0.15) is 33.7 Å². The van der Waals surface area contributed by atoms with Gasteiger partial charge in [-0.05, 0) is 48.2 Å². The van der Waals surface area contributed by atoms with E-state index in [-0.39, 0.29) is 17.5 Å². The van der Waals surface area contributed by atoms with Gasteiger partial charge >= 0.3 is 0 Å². The second kappa shape index (κ2) is 10.6. The predicted molar refractivity (Wildman–Crippen MR) is 124 cm³/mol. The van der Waals surface area contributed by atoms with Crippen molar-refractivity contribution in [1.29, 1.82) is 0 Å². The number of furan rings is 1. The van der Waals surface area contributed by atoms with Crippen molar-refractivity contribution < 1.29 is 14.0 Å². The van der Waals surface area contributed by atoms with Gasteiger partial charge in [-0.2, -0.15) is 0 Å². The highest BCUT2D eigenvalue weighted by atomic mass is 16.3. The Morgan fingerprint density at radius 2 is 1.75 bits per heavy atom. The maximum atomic E-state index is 12.8. The van der Waals surface area contributed by atoms with Crippen LogP contribution in [0.2, 0.25) is 0 Å². The van der Waals surface area contributed by atoms with E-state index in [4.69, 9.17) is 4.42 Å². The van der Waals surface area contributed by atoms with Gasteiger partial charge in [0, 0.05) is 37.8 Å². The summed E-state index contributed by atoms with van der Waals surface area (Å²) in [6.07, 6.45) is 4.95. The third-order valence-electron chi connectivity index (χ3n) is 5.50. The number of benzene rings is 2. The van der Waals surface area contributed by atoms with Crippen LogP contribution in [0.5, 0.6) is 0 Å². The summed E-state index contributed by atoms with van der Waals surface area (Å²) < 4.78 is 5.32. The maximum Gasteiger partial charge on any atom is 0.267 e. The van der Waals surface area contributed by atoms with Gasteiger partial charge in [0.15, 0.2) is 0 Å². The van der Waals surface area contributed by atoms with Gasteiger partial charge < -0.3 is 15.1 Å². The fraction of sp³-hybridized carbons (Fsp3) is 0.231. The number of carbonyl (C=O) groups is 2. The lowest BCUT2D eigenvalue weighted by atomic mass is 10.00. The Balaban J connectivity index is 1.31. The minimum atomic E-state index is -0.342. The Bertz CT molecular complexity index is 1070. The van der Waals surface area contributed by atoms with Gasteiger partial charge in [-0.15, -0.1) is 0 Å². The molecule has 2 heterocycles. The molecule has 4 rings (SSSR count). The molecule has 1 aliphatic heterocycles. The lowest BCUT2D eigenvalue weighted by Gasteiger charge is -2.28. The molecule has 0 atom stereocenters. The molecule has 0 spiro atoms. The molecule has 3 aromatic rings. The largest absolute Gasteiger partial charge is 0.465 e. The monoisotopic (exact) mass is 429 g/mol. The van der Waals surface area contributed by atoms with E-state index in [0.717, 1.165) is 32.5 Å². The summed E-state index contributed by atoms with van der Waals surface area (Å²) in [6, 6.07) is 20.8. The van der Waals surface area contributed by atoms with Crippen molar-refractivity contribution in [2.45, 2.75) is 19.4 Å². The average molecular weight is 430 g/mol. The van der Waals surface area contributed by atoms with Crippen molar-refractivity contribution in [2.75, 3.05) is 19.6 Å². The first-order valence-corrected chi connectivity index (χ1v) is 10.9. The van der Waals surface area contributed by atoms with Crippen molar-refractivity contribution in [1.82, 2.24) is 15.5 Å². The zero-order valence-electron chi connectivity index (χ0n) is 17.9. The second-order valence-electron chi connectivity index (χ2n) is 7.80. The summed E-state index contributed by atoms with van der Waals surface area (Å²) in [4.78, 5) is 27.8. The minimum absolute atomic E-state index is 0.153. The Labute approximate surface area is 187 Å². The normalized spacial score (nSPS) is 13.9. The van der Waals surface area contributed by atoms with Crippen LogP contribution < -0.4 is 10.6 Å². The number of fused-ring (bicyclic) bond motifs is 1. The third-order valence-corrected chi connectivity index (χ3v) is 5.50. The number of nitrogens with one attached hydrogen (secondary N) is 2. The summed E-state index contributed by atoms with van der Waals surface area (Å²) in [6.45, 7) is 3.40. The first kappa shape index (κ1) is 21.6. The van der Waals surface area contributed by atoms with E-state index in [1.807, 2.05) is 6.07 Å². The molecule has 0 saturated heterocycles. The highest BCUT2D eigenvalue weighted by molar-refractivity contribution is 6.05. The molecule has 6 nitrogen and oxygen atoms in total. The first-order valence-electron chi connectivity index (χ1n) is 10.9. The molecule has 0 saturated carbocycles. The molecule has 164 valence electrons. The highest BCUT2D eigenvalue weighted by Gasteiger charge is 2.17. The molecular formula is C26H27N3O3. The Hall–Kier alpha value is -3.64. The molecule has 2 N–H and O–H groups in total. The maximum absolute atomic E-state index is 12.8. The molecule has 0 unspecified atom stereocenters. The van der Waals surface area contributed by atoms with E-state index in [2.05, 4.69) is 39.8 Å². The van der Waals surface area contributed by atoms with Crippen LogP contribution in [0.4, 0.5) is 0 Å². The van der Waals surface area contributed by atoms with Crippen LogP contribution in [-0.4, -0.2) is 36.3 Å². The third kappa shape index (κ3) is 5.74. The van der Waals surface area contributed by atoms with Crippen molar-refractivity contribution in [3.63, 3.8) is 0 Å². The molecule has 1 aliphatic rings. The van der Waals surface area contributed by atoms with Gasteiger partial charge in [-0.25, -0.2) is 0 Å². The second-order valence-corrected chi connectivity index (χ2v) is 7.80. The highest BCUT2D eigenvalue weighted by Crippen LogP contribution is 2.18. The fourth-order valence-electron chi connectivity index (χ4n) is 3.80. The molecular weight excluding hydrogens is 402 g/mol. The number of amides is 2. The van der Waals surface area contributed by atoms with Crippen LogP contribution in [0, 0.1) is 0 Å². The molecule has 32 heavy (non-hydrogen) atoms. The molecule has 6 heteroatoms. The van der Waals surface area contributed by atoms with Crippen molar-refractivity contribution in [2.24, 2.45) is 0 Å². The van der Waals surface area contributed by atoms with Gasteiger partial charge in [0.1, 0.15) is 11.5 Å². The first-order chi connectivity index (χ1) is 15.7. The van der Waals surface area contributed by atoms with Gasteiger partial charge in [0.05, 0.1) is 6.26 Å². The molecule has 0 radical (unpaired) electrons.